The molecule has 1 atom stereocenters. The Hall–Kier alpha value is -1.68. The number of rotatable bonds is 2. The summed E-state index contributed by atoms with van der Waals surface area (Å²) in [5, 5.41) is 12.8. The van der Waals surface area contributed by atoms with E-state index in [-0.39, 0.29) is 5.56 Å². The normalized spacial score (nSPS) is 21.8. The van der Waals surface area contributed by atoms with Crippen LogP contribution in [0.15, 0.2) is 23.2 Å². The zero-order chi connectivity index (χ0) is 15.0. The van der Waals surface area contributed by atoms with Crippen molar-refractivity contribution in [3.63, 3.8) is 0 Å². The van der Waals surface area contributed by atoms with Gasteiger partial charge in [0.2, 0.25) is 0 Å². The van der Waals surface area contributed by atoms with Gasteiger partial charge in [-0.2, -0.15) is 18.4 Å². The van der Waals surface area contributed by atoms with Crippen LogP contribution in [0.2, 0.25) is 0 Å². The Balaban J connectivity index is 1.76. The van der Waals surface area contributed by atoms with Gasteiger partial charge in [0.05, 0.1) is 23.7 Å². The van der Waals surface area contributed by atoms with Crippen LogP contribution in [-0.2, 0) is 6.18 Å². The summed E-state index contributed by atoms with van der Waals surface area (Å²) >= 11 is 1.59. The van der Waals surface area contributed by atoms with Gasteiger partial charge in [-0.15, -0.1) is 0 Å². The van der Waals surface area contributed by atoms with Gasteiger partial charge in [0.15, 0.2) is 5.17 Å². The molecule has 0 aromatic heterocycles. The highest BCUT2D eigenvalue weighted by atomic mass is 32.2. The van der Waals surface area contributed by atoms with Crippen molar-refractivity contribution in [2.75, 3.05) is 11.9 Å². The first-order valence-corrected chi connectivity index (χ1v) is 7.45. The van der Waals surface area contributed by atoms with Crippen molar-refractivity contribution in [2.45, 2.75) is 24.3 Å². The van der Waals surface area contributed by atoms with Crippen molar-refractivity contribution in [1.82, 2.24) is 0 Å². The van der Waals surface area contributed by atoms with Gasteiger partial charge < -0.3 is 5.32 Å². The largest absolute Gasteiger partial charge is 0.417 e. The second-order valence-corrected chi connectivity index (χ2v) is 6.36. The molecule has 7 heteroatoms. The van der Waals surface area contributed by atoms with Crippen LogP contribution >= 0.6 is 11.8 Å². The number of nitrogens with one attached hydrogen (secondary N) is 1. The maximum atomic E-state index is 12.9. The lowest BCUT2D eigenvalue weighted by Crippen LogP contribution is -2.12. The van der Waals surface area contributed by atoms with Gasteiger partial charge >= 0.3 is 6.18 Å². The fourth-order valence-electron chi connectivity index (χ4n) is 2.25. The van der Waals surface area contributed by atoms with Crippen LogP contribution < -0.4 is 5.32 Å². The Morgan fingerprint density at radius 2 is 2.10 bits per heavy atom. The molecule has 21 heavy (non-hydrogen) atoms. The molecule has 0 spiro atoms. The number of aliphatic imine (C=N–C) groups is 1. The molecule has 1 aromatic rings. The Morgan fingerprint density at radius 1 is 1.33 bits per heavy atom. The number of benzene rings is 1. The number of hydrogen-bond acceptors (Lipinski definition) is 4. The summed E-state index contributed by atoms with van der Waals surface area (Å²) in [6, 6.07) is 5.19. The molecule has 1 heterocycles. The zero-order valence-corrected chi connectivity index (χ0v) is 11.8. The minimum atomic E-state index is -4.54. The quantitative estimate of drug-likeness (QED) is 0.902. The predicted molar refractivity (Wildman–Crippen MR) is 76.2 cm³/mol. The van der Waals surface area contributed by atoms with Gasteiger partial charge in [0, 0.05) is 10.9 Å². The van der Waals surface area contributed by atoms with Crippen molar-refractivity contribution in [1.29, 1.82) is 5.26 Å². The summed E-state index contributed by atoms with van der Waals surface area (Å²) < 4.78 is 38.7. The molecule has 3 nitrogen and oxygen atoms in total. The lowest BCUT2D eigenvalue weighted by atomic mass is 10.1. The van der Waals surface area contributed by atoms with Crippen molar-refractivity contribution in [2.24, 2.45) is 10.9 Å². The van der Waals surface area contributed by atoms with Crippen LogP contribution in [0.1, 0.15) is 24.0 Å². The third-order valence-corrected chi connectivity index (χ3v) is 4.81. The lowest BCUT2D eigenvalue weighted by Gasteiger charge is -2.12. The third-order valence-electron chi connectivity index (χ3n) is 3.52. The average molecular weight is 311 g/mol. The summed E-state index contributed by atoms with van der Waals surface area (Å²) in [6.45, 7) is 0.722. The SMILES string of the molecule is N#Cc1ccc(NC2=NCC(C3CC3)S2)cc1C(F)(F)F. The molecule has 1 aliphatic heterocycles. The molecule has 1 saturated carbocycles. The van der Waals surface area contributed by atoms with Crippen molar-refractivity contribution in [3.8, 4) is 6.07 Å². The van der Waals surface area contributed by atoms with E-state index in [1.165, 1.54) is 25.0 Å². The van der Waals surface area contributed by atoms with E-state index in [0.717, 1.165) is 12.6 Å². The van der Waals surface area contributed by atoms with E-state index in [4.69, 9.17) is 5.26 Å². The summed E-state index contributed by atoms with van der Waals surface area (Å²) in [5.41, 5.74) is -0.980. The second-order valence-electron chi connectivity index (χ2n) is 5.13. The summed E-state index contributed by atoms with van der Waals surface area (Å²) in [6.07, 6.45) is -2.10. The Labute approximate surface area is 124 Å². The average Bonchev–Trinajstić information content (AvgIpc) is 3.19. The van der Waals surface area contributed by atoms with Crippen LogP contribution in [0, 0.1) is 17.2 Å². The molecule has 1 aliphatic carbocycles. The molecule has 0 saturated heterocycles. The Morgan fingerprint density at radius 3 is 2.71 bits per heavy atom. The summed E-state index contributed by atoms with van der Waals surface area (Å²) in [7, 11) is 0. The number of nitriles is 1. The number of alkyl halides is 3. The topological polar surface area (TPSA) is 48.2 Å². The highest BCUT2D eigenvalue weighted by Gasteiger charge is 2.36. The van der Waals surface area contributed by atoms with E-state index in [9.17, 15) is 13.2 Å². The van der Waals surface area contributed by atoms with Crippen LogP contribution in [0.4, 0.5) is 18.9 Å². The summed E-state index contributed by atoms with van der Waals surface area (Å²) in [5.74, 6) is 0.699. The van der Waals surface area contributed by atoms with Gasteiger partial charge in [-0.1, -0.05) is 11.8 Å². The minimum absolute atomic E-state index is 0.309. The molecular weight excluding hydrogens is 299 g/mol. The molecule has 110 valence electrons. The predicted octanol–water partition coefficient (Wildman–Crippen LogP) is 3.87. The van der Waals surface area contributed by atoms with Crippen molar-refractivity contribution < 1.29 is 13.2 Å². The monoisotopic (exact) mass is 311 g/mol. The first-order chi connectivity index (χ1) is 9.97. The third kappa shape index (κ3) is 3.16. The van der Waals surface area contributed by atoms with E-state index in [2.05, 4.69) is 10.3 Å². The van der Waals surface area contributed by atoms with E-state index in [0.29, 0.717) is 22.0 Å². The maximum absolute atomic E-state index is 12.9. The van der Waals surface area contributed by atoms with E-state index in [1.54, 1.807) is 17.8 Å². The van der Waals surface area contributed by atoms with E-state index >= 15 is 0 Å². The molecule has 2 aliphatic rings. The highest BCUT2D eigenvalue weighted by Crippen LogP contribution is 2.42. The molecule has 3 rings (SSSR count). The van der Waals surface area contributed by atoms with Gasteiger partial charge in [-0.25, -0.2) is 0 Å². The molecule has 0 bridgehead atoms. The van der Waals surface area contributed by atoms with Crippen LogP contribution in [0.3, 0.4) is 0 Å². The van der Waals surface area contributed by atoms with Gasteiger partial charge in [0.1, 0.15) is 0 Å². The standard InChI is InChI=1S/C14H12F3N3S/c15-14(16,17)11-5-10(4-3-9(11)6-18)20-13-19-7-12(21-13)8-1-2-8/h3-5,8,12H,1-2,7H2,(H,19,20). The second kappa shape index (κ2) is 5.26. The Bertz CT molecular complexity index is 629. The van der Waals surface area contributed by atoms with Crippen LogP contribution in [-0.4, -0.2) is 17.0 Å². The van der Waals surface area contributed by atoms with E-state index < -0.39 is 11.7 Å². The van der Waals surface area contributed by atoms with Gasteiger partial charge in [-0.05, 0) is 37.0 Å². The van der Waals surface area contributed by atoms with Crippen LogP contribution in [0.25, 0.3) is 0 Å². The van der Waals surface area contributed by atoms with Crippen molar-refractivity contribution >= 4 is 22.6 Å². The van der Waals surface area contributed by atoms with Crippen molar-refractivity contribution in [3.05, 3.63) is 29.3 Å². The van der Waals surface area contributed by atoms with E-state index in [1.807, 2.05) is 0 Å². The molecule has 0 amide bonds. The van der Waals surface area contributed by atoms with Gasteiger partial charge in [0.25, 0.3) is 0 Å². The fraction of sp³-hybridized carbons (Fsp3) is 0.429. The maximum Gasteiger partial charge on any atom is 0.417 e. The molecule has 0 radical (unpaired) electrons. The number of amidine groups is 1. The number of nitrogens with zero attached hydrogens (tertiary/aromatic N) is 2. The molecule has 1 unspecified atom stereocenters. The number of hydrogen-bond donors (Lipinski definition) is 1. The smallest absolute Gasteiger partial charge is 0.335 e. The number of halogens is 3. The molecular formula is C14H12F3N3S. The lowest BCUT2D eigenvalue weighted by molar-refractivity contribution is -0.137. The molecule has 1 aromatic carbocycles. The molecule has 1 fully saturated rings. The molecule has 1 N–H and O–H groups in total. The minimum Gasteiger partial charge on any atom is -0.335 e. The summed E-state index contributed by atoms with van der Waals surface area (Å²) in [4.78, 5) is 4.33. The van der Waals surface area contributed by atoms with Gasteiger partial charge in [-0.3, -0.25) is 4.99 Å². The zero-order valence-electron chi connectivity index (χ0n) is 10.9. The number of thioether (sulfide) groups is 1. The highest BCUT2D eigenvalue weighted by molar-refractivity contribution is 8.15. The van der Waals surface area contributed by atoms with Crippen LogP contribution in [0.5, 0.6) is 0 Å². The number of anilines is 1. The Kier molecular flexibility index (Phi) is 3.57. The fourth-order valence-corrected chi connectivity index (χ4v) is 3.48. The first-order valence-electron chi connectivity index (χ1n) is 6.57. The first kappa shape index (κ1) is 14.3.